The van der Waals surface area contributed by atoms with Crippen LogP contribution in [0.5, 0.6) is 0 Å². The average molecular weight is 363 g/mol. The largest absolute Gasteiger partial charge is 0.478 e. The monoisotopic (exact) mass is 363 g/mol. The van der Waals surface area contributed by atoms with Crippen molar-refractivity contribution in [2.45, 2.75) is 18.8 Å². The molecule has 3 N–H and O–H groups in total. The van der Waals surface area contributed by atoms with Gasteiger partial charge in [-0.1, -0.05) is 24.3 Å². The molecular weight excluding hydrogens is 344 g/mol. The number of aromatic carboxylic acids is 1. The van der Waals surface area contributed by atoms with Crippen molar-refractivity contribution in [1.82, 2.24) is 5.32 Å². The third-order valence-corrected chi connectivity index (χ3v) is 4.04. The number of carbonyl (C=O) groups excluding carboxylic acids is 1. The quantitative estimate of drug-likeness (QED) is 0.673. The van der Waals surface area contributed by atoms with Crippen LogP contribution in [0.1, 0.15) is 33.8 Å². The van der Waals surface area contributed by atoms with Gasteiger partial charge in [-0.25, -0.2) is 13.6 Å². The van der Waals surface area contributed by atoms with Crippen LogP contribution < -0.4 is 5.32 Å². The molecule has 0 fully saturated rings. The lowest BCUT2D eigenvalue weighted by Gasteiger charge is -2.16. The van der Waals surface area contributed by atoms with E-state index in [0.29, 0.717) is 5.56 Å². The summed E-state index contributed by atoms with van der Waals surface area (Å²) in [4.78, 5) is 23.1. The summed E-state index contributed by atoms with van der Waals surface area (Å²) >= 11 is 0. The Kier molecular flexibility index (Phi) is 6.80. The van der Waals surface area contributed by atoms with Crippen LogP contribution in [0.25, 0.3) is 0 Å². The number of aliphatic hydroxyl groups is 1. The highest BCUT2D eigenvalue weighted by Crippen LogP contribution is 2.19. The van der Waals surface area contributed by atoms with Crippen molar-refractivity contribution in [2.75, 3.05) is 13.2 Å². The van der Waals surface area contributed by atoms with E-state index in [2.05, 4.69) is 5.32 Å². The third kappa shape index (κ3) is 5.10. The number of benzene rings is 2. The number of carboxylic acids is 1. The first kappa shape index (κ1) is 19.5. The minimum absolute atomic E-state index is 0.0154. The molecule has 0 saturated carbocycles. The number of amides is 1. The van der Waals surface area contributed by atoms with Gasteiger partial charge in [0.25, 0.3) is 0 Å². The molecule has 1 unspecified atom stereocenters. The molecule has 26 heavy (non-hydrogen) atoms. The number of carboxylic acid groups (broad SMARTS) is 1. The van der Waals surface area contributed by atoms with Gasteiger partial charge in [-0.2, -0.15) is 0 Å². The molecule has 2 rings (SSSR count). The molecule has 0 aliphatic rings. The van der Waals surface area contributed by atoms with E-state index in [4.69, 9.17) is 5.11 Å². The normalized spacial score (nSPS) is 11.8. The van der Waals surface area contributed by atoms with E-state index in [1.54, 1.807) is 18.2 Å². The Morgan fingerprint density at radius 2 is 1.85 bits per heavy atom. The van der Waals surface area contributed by atoms with Gasteiger partial charge in [0.2, 0.25) is 5.91 Å². The lowest BCUT2D eigenvalue weighted by molar-refractivity contribution is -0.121. The lowest BCUT2D eigenvalue weighted by atomic mass is 9.99. The molecule has 0 bridgehead atoms. The van der Waals surface area contributed by atoms with Crippen molar-refractivity contribution in [3.05, 3.63) is 70.8 Å². The second-order valence-corrected chi connectivity index (χ2v) is 5.81. The van der Waals surface area contributed by atoms with E-state index in [-0.39, 0.29) is 36.4 Å². The molecule has 5 nitrogen and oxygen atoms in total. The highest BCUT2D eigenvalue weighted by atomic mass is 19.1. The maximum absolute atomic E-state index is 13.8. The summed E-state index contributed by atoms with van der Waals surface area (Å²) in [6.45, 7) is -0.427. The summed E-state index contributed by atoms with van der Waals surface area (Å²) in [6, 6.07) is 9.46. The van der Waals surface area contributed by atoms with Crippen LogP contribution in [0.3, 0.4) is 0 Å². The fourth-order valence-corrected chi connectivity index (χ4v) is 2.63. The van der Waals surface area contributed by atoms with Gasteiger partial charge in [-0.3, -0.25) is 4.79 Å². The molecule has 0 saturated heterocycles. The number of rotatable bonds is 8. The predicted molar refractivity (Wildman–Crippen MR) is 90.9 cm³/mol. The predicted octanol–water partition coefficient (Wildman–Crippen LogP) is 2.49. The molecule has 1 atom stereocenters. The molecule has 1 amide bonds. The summed E-state index contributed by atoms with van der Waals surface area (Å²) in [7, 11) is 0. The Bertz CT molecular complexity index is 795. The zero-order chi connectivity index (χ0) is 19.1. The van der Waals surface area contributed by atoms with Gasteiger partial charge in [-0.15, -0.1) is 0 Å². The first-order chi connectivity index (χ1) is 12.4. The van der Waals surface area contributed by atoms with Crippen molar-refractivity contribution in [3.8, 4) is 0 Å². The number of halogens is 2. The Balaban J connectivity index is 1.92. The molecule has 0 aliphatic carbocycles. The van der Waals surface area contributed by atoms with Gasteiger partial charge in [-0.05, 0) is 29.7 Å². The summed E-state index contributed by atoms with van der Waals surface area (Å²) in [6.07, 6.45) is 0.289. The molecule has 2 aromatic carbocycles. The second kappa shape index (κ2) is 9.05. The summed E-state index contributed by atoms with van der Waals surface area (Å²) in [5, 5.41) is 21.1. The smallest absolute Gasteiger partial charge is 0.335 e. The summed E-state index contributed by atoms with van der Waals surface area (Å²) < 4.78 is 26.7. The van der Waals surface area contributed by atoms with Gasteiger partial charge in [0.15, 0.2) is 0 Å². The fourth-order valence-electron chi connectivity index (χ4n) is 2.63. The standard InChI is InChI=1S/C19H19F2NO4/c20-14-6-7-15(17(21)9-14)13(11-23)10-22-18(24)8-5-12-3-1-2-4-16(12)19(25)26/h1-4,6-7,9,13,23H,5,8,10-11H2,(H,22,24)(H,25,26). The summed E-state index contributed by atoms with van der Waals surface area (Å²) in [5.74, 6) is -3.62. The molecule has 0 aromatic heterocycles. The Morgan fingerprint density at radius 3 is 2.50 bits per heavy atom. The first-order valence-corrected chi connectivity index (χ1v) is 8.06. The Morgan fingerprint density at radius 1 is 1.12 bits per heavy atom. The number of hydrogen-bond acceptors (Lipinski definition) is 3. The minimum atomic E-state index is -1.06. The molecule has 2 aromatic rings. The summed E-state index contributed by atoms with van der Waals surface area (Å²) in [5.41, 5.74) is 0.797. The lowest BCUT2D eigenvalue weighted by Crippen LogP contribution is -2.30. The van der Waals surface area contributed by atoms with Crippen LogP contribution in [0.4, 0.5) is 8.78 Å². The van der Waals surface area contributed by atoms with Crippen LogP contribution in [-0.4, -0.2) is 35.2 Å². The molecule has 0 heterocycles. The fraction of sp³-hybridized carbons (Fsp3) is 0.263. The van der Waals surface area contributed by atoms with Gasteiger partial charge in [0.05, 0.1) is 12.2 Å². The topological polar surface area (TPSA) is 86.6 Å². The number of nitrogens with one attached hydrogen (secondary N) is 1. The van der Waals surface area contributed by atoms with Crippen LogP contribution in [0.15, 0.2) is 42.5 Å². The van der Waals surface area contributed by atoms with Crippen molar-refractivity contribution >= 4 is 11.9 Å². The van der Waals surface area contributed by atoms with Gasteiger partial charge >= 0.3 is 5.97 Å². The molecule has 7 heteroatoms. The number of aryl methyl sites for hydroxylation is 1. The highest BCUT2D eigenvalue weighted by molar-refractivity contribution is 5.89. The second-order valence-electron chi connectivity index (χ2n) is 5.81. The van der Waals surface area contributed by atoms with Crippen LogP contribution >= 0.6 is 0 Å². The molecule has 0 radical (unpaired) electrons. The van der Waals surface area contributed by atoms with Crippen molar-refractivity contribution in [3.63, 3.8) is 0 Å². The van der Waals surface area contributed by atoms with Crippen LogP contribution in [0.2, 0.25) is 0 Å². The number of hydrogen-bond donors (Lipinski definition) is 3. The third-order valence-electron chi connectivity index (χ3n) is 4.04. The van der Waals surface area contributed by atoms with Gasteiger partial charge in [0, 0.05) is 24.9 Å². The molecule has 138 valence electrons. The van der Waals surface area contributed by atoms with E-state index < -0.39 is 30.1 Å². The van der Waals surface area contributed by atoms with Crippen LogP contribution in [-0.2, 0) is 11.2 Å². The van der Waals surface area contributed by atoms with Crippen molar-refractivity contribution in [1.29, 1.82) is 0 Å². The van der Waals surface area contributed by atoms with Crippen molar-refractivity contribution in [2.24, 2.45) is 0 Å². The maximum atomic E-state index is 13.8. The zero-order valence-corrected chi connectivity index (χ0v) is 13.9. The van der Waals surface area contributed by atoms with Crippen LogP contribution in [0, 0.1) is 11.6 Å². The maximum Gasteiger partial charge on any atom is 0.335 e. The van der Waals surface area contributed by atoms with Gasteiger partial charge < -0.3 is 15.5 Å². The minimum Gasteiger partial charge on any atom is -0.478 e. The van der Waals surface area contributed by atoms with E-state index in [1.165, 1.54) is 12.1 Å². The number of aliphatic hydroxyl groups excluding tert-OH is 1. The van der Waals surface area contributed by atoms with E-state index >= 15 is 0 Å². The highest BCUT2D eigenvalue weighted by Gasteiger charge is 2.17. The van der Waals surface area contributed by atoms with E-state index in [1.807, 2.05) is 0 Å². The van der Waals surface area contributed by atoms with Crippen molar-refractivity contribution < 1.29 is 28.6 Å². The first-order valence-electron chi connectivity index (χ1n) is 8.06. The zero-order valence-electron chi connectivity index (χ0n) is 13.9. The molecule has 0 aliphatic heterocycles. The van der Waals surface area contributed by atoms with Gasteiger partial charge in [0.1, 0.15) is 11.6 Å². The van der Waals surface area contributed by atoms with E-state index in [0.717, 1.165) is 12.1 Å². The Hall–Kier alpha value is -2.80. The average Bonchev–Trinajstić information content (AvgIpc) is 2.62. The number of carbonyl (C=O) groups is 2. The Labute approximate surface area is 149 Å². The van der Waals surface area contributed by atoms with E-state index in [9.17, 15) is 23.5 Å². The SMILES string of the molecule is O=C(CCc1ccccc1C(=O)O)NCC(CO)c1ccc(F)cc1F. The molecular formula is C19H19F2NO4. The molecule has 0 spiro atoms.